The van der Waals surface area contributed by atoms with Gasteiger partial charge in [-0.15, -0.1) is 0 Å². The topological polar surface area (TPSA) is 63.6 Å². The van der Waals surface area contributed by atoms with Crippen molar-refractivity contribution in [2.45, 2.75) is 11.8 Å². The Balaban J connectivity index is 1.65. The van der Waals surface area contributed by atoms with E-state index < -0.39 is 0 Å². The summed E-state index contributed by atoms with van der Waals surface area (Å²) < 4.78 is 13.9. The summed E-state index contributed by atoms with van der Waals surface area (Å²) >= 11 is 0. The van der Waals surface area contributed by atoms with Crippen molar-refractivity contribution in [2.75, 3.05) is 5.32 Å². The van der Waals surface area contributed by atoms with Gasteiger partial charge in [0.2, 0.25) is 0 Å². The zero-order valence-corrected chi connectivity index (χ0v) is 18.3. The van der Waals surface area contributed by atoms with Gasteiger partial charge >= 0.3 is 0 Å². The van der Waals surface area contributed by atoms with Crippen LogP contribution in [-0.4, -0.2) is 19.9 Å². The quantitative estimate of drug-likeness (QED) is 0.326. The van der Waals surface area contributed by atoms with E-state index in [9.17, 15) is 4.39 Å². The predicted octanol–water partition coefficient (Wildman–Crippen LogP) is 6.11. The van der Waals surface area contributed by atoms with Gasteiger partial charge in [0, 0.05) is 42.8 Å². The van der Waals surface area contributed by atoms with Gasteiger partial charge in [0.25, 0.3) is 0 Å². The monoisotopic (exact) mass is 447 g/mol. The third-order valence-electron chi connectivity index (χ3n) is 5.66. The Morgan fingerprint density at radius 3 is 1.91 bits per heavy atom. The first kappa shape index (κ1) is 21.4. The Labute approximate surface area is 197 Å². The van der Waals surface area contributed by atoms with E-state index in [0.717, 1.165) is 22.4 Å². The van der Waals surface area contributed by atoms with E-state index in [1.807, 2.05) is 73.1 Å². The molecular formula is C28H22FN5. The van der Waals surface area contributed by atoms with Gasteiger partial charge in [-0.05, 0) is 65.2 Å². The highest BCUT2D eigenvalue weighted by atomic mass is 19.1. The number of anilines is 2. The van der Waals surface area contributed by atoms with E-state index in [1.54, 1.807) is 18.6 Å². The molecule has 0 fully saturated rings. The lowest BCUT2D eigenvalue weighted by molar-refractivity contribution is 0.622. The zero-order chi connectivity index (χ0) is 23.2. The summed E-state index contributed by atoms with van der Waals surface area (Å²) in [7, 11) is 0. The summed E-state index contributed by atoms with van der Waals surface area (Å²) in [4.78, 5) is 18.0. The predicted molar refractivity (Wildman–Crippen MR) is 130 cm³/mol. The fraction of sp³-hybridized carbons (Fsp3) is 0.0714. The average Bonchev–Trinajstić information content (AvgIpc) is 2.90. The molecule has 0 radical (unpaired) electrons. The van der Waals surface area contributed by atoms with Gasteiger partial charge in [-0.1, -0.05) is 36.4 Å². The molecule has 0 saturated carbocycles. The van der Waals surface area contributed by atoms with Crippen molar-refractivity contribution in [1.82, 2.24) is 19.9 Å². The van der Waals surface area contributed by atoms with Crippen LogP contribution in [0, 0.1) is 5.82 Å². The van der Waals surface area contributed by atoms with E-state index in [-0.39, 0.29) is 17.7 Å². The first-order valence-electron chi connectivity index (χ1n) is 11.0. The summed E-state index contributed by atoms with van der Waals surface area (Å²) in [6.45, 7) is 0. The van der Waals surface area contributed by atoms with Crippen molar-refractivity contribution in [2.24, 2.45) is 0 Å². The standard InChI is InChI=1S/C28H22FN5/c29-23-13-11-20(12-14-23)28(24-8-3-10-26(33-24)34-25-9-1-2-17-32-25)27(21-6-4-15-30-18-21)22-7-5-16-31-19-22/h1-19,27-28H,(H,32,33,34). The molecular weight excluding hydrogens is 425 g/mol. The van der Waals surface area contributed by atoms with Gasteiger partial charge in [-0.3, -0.25) is 9.97 Å². The van der Waals surface area contributed by atoms with Crippen molar-refractivity contribution in [1.29, 1.82) is 0 Å². The lowest BCUT2D eigenvalue weighted by Crippen LogP contribution is -2.17. The number of aromatic nitrogens is 4. The number of nitrogens with one attached hydrogen (secondary N) is 1. The molecule has 4 heterocycles. The van der Waals surface area contributed by atoms with Crippen LogP contribution in [0.5, 0.6) is 0 Å². The molecule has 0 spiro atoms. The highest BCUT2D eigenvalue weighted by molar-refractivity contribution is 5.52. The Bertz CT molecular complexity index is 1290. The van der Waals surface area contributed by atoms with Gasteiger partial charge in [-0.2, -0.15) is 0 Å². The third-order valence-corrected chi connectivity index (χ3v) is 5.66. The number of hydrogen-bond donors (Lipinski definition) is 1. The molecule has 34 heavy (non-hydrogen) atoms. The molecule has 6 heteroatoms. The molecule has 4 aromatic heterocycles. The number of nitrogens with zero attached hydrogens (tertiary/aromatic N) is 4. The maximum absolute atomic E-state index is 13.9. The fourth-order valence-corrected chi connectivity index (χ4v) is 4.16. The molecule has 1 unspecified atom stereocenters. The fourth-order valence-electron chi connectivity index (χ4n) is 4.16. The van der Waals surface area contributed by atoms with Crippen molar-refractivity contribution >= 4 is 11.6 Å². The molecule has 166 valence electrons. The minimum absolute atomic E-state index is 0.134. The van der Waals surface area contributed by atoms with Gasteiger partial charge in [-0.25, -0.2) is 14.4 Å². The zero-order valence-electron chi connectivity index (χ0n) is 18.3. The third kappa shape index (κ3) is 4.81. The summed E-state index contributed by atoms with van der Waals surface area (Å²) in [5.41, 5.74) is 3.83. The summed E-state index contributed by atoms with van der Waals surface area (Å²) in [6.07, 6.45) is 8.97. The number of pyridine rings is 4. The smallest absolute Gasteiger partial charge is 0.131 e. The molecule has 1 atom stereocenters. The summed E-state index contributed by atoms with van der Waals surface area (Å²) in [6, 6.07) is 26.1. The van der Waals surface area contributed by atoms with Crippen LogP contribution in [0.25, 0.3) is 0 Å². The van der Waals surface area contributed by atoms with Crippen molar-refractivity contribution in [3.63, 3.8) is 0 Å². The second-order valence-corrected chi connectivity index (χ2v) is 7.87. The maximum Gasteiger partial charge on any atom is 0.131 e. The Morgan fingerprint density at radius 2 is 1.29 bits per heavy atom. The van der Waals surface area contributed by atoms with Gasteiger partial charge in [0.15, 0.2) is 0 Å². The molecule has 5 aromatic rings. The van der Waals surface area contributed by atoms with E-state index in [2.05, 4.69) is 32.4 Å². The van der Waals surface area contributed by atoms with Crippen LogP contribution >= 0.6 is 0 Å². The molecule has 0 aliphatic heterocycles. The Morgan fingerprint density at radius 1 is 0.588 bits per heavy atom. The number of rotatable bonds is 7. The number of halogens is 1. The van der Waals surface area contributed by atoms with Crippen LogP contribution < -0.4 is 5.32 Å². The second-order valence-electron chi connectivity index (χ2n) is 7.87. The van der Waals surface area contributed by atoms with E-state index >= 15 is 0 Å². The van der Waals surface area contributed by atoms with Crippen LogP contribution in [0.1, 0.15) is 34.2 Å². The average molecular weight is 448 g/mol. The van der Waals surface area contributed by atoms with E-state index in [0.29, 0.717) is 11.6 Å². The number of hydrogen-bond acceptors (Lipinski definition) is 5. The summed E-state index contributed by atoms with van der Waals surface area (Å²) in [5.74, 6) is 0.770. The molecule has 0 aliphatic carbocycles. The molecule has 0 bridgehead atoms. The van der Waals surface area contributed by atoms with Crippen LogP contribution in [0.15, 0.2) is 116 Å². The molecule has 0 aliphatic rings. The molecule has 0 amide bonds. The largest absolute Gasteiger partial charge is 0.325 e. The molecule has 1 N–H and O–H groups in total. The number of benzene rings is 1. The van der Waals surface area contributed by atoms with E-state index in [4.69, 9.17) is 4.98 Å². The van der Waals surface area contributed by atoms with Crippen LogP contribution in [0.4, 0.5) is 16.0 Å². The van der Waals surface area contributed by atoms with Gasteiger partial charge < -0.3 is 5.32 Å². The highest BCUT2D eigenvalue weighted by Gasteiger charge is 2.30. The molecule has 5 rings (SSSR count). The normalized spacial score (nSPS) is 11.8. The SMILES string of the molecule is Fc1ccc(C(c2cccc(Nc3ccccn3)n2)C(c2cccnc2)c2cccnc2)cc1. The highest BCUT2D eigenvalue weighted by Crippen LogP contribution is 2.42. The Kier molecular flexibility index (Phi) is 6.29. The first-order valence-corrected chi connectivity index (χ1v) is 11.0. The summed E-state index contributed by atoms with van der Waals surface area (Å²) in [5, 5.41) is 3.27. The van der Waals surface area contributed by atoms with Gasteiger partial charge in [0.05, 0.1) is 5.69 Å². The van der Waals surface area contributed by atoms with Crippen LogP contribution in [0.3, 0.4) is 0 Å². The molecule has 5 nitrogen and oxygen atoms in total. The van der Waals surface area contributed by atoms with Crippen molar-refractivity contribution in [3.05, 3.63) is 144 Å². The maximum atomic E-state index is 13.9. The lowest BCUT2D eigenvalue weighted by atomic mass is 9.76. The lowest BCUT2D eigenvalue weighted by Gasteiger charge is -2.28. The Hall–Kier alpha value is -4.45. The van der Waals surface area contributed by atoms with Gasteiger partial charge in [0.1, 0.15) is 17.5 Å². The van der Waals surface area contributed by atoms with Crippen molar-refractivity contribution in [3.8, 4) is 0 Å². The van der Waals surface area contributed by atoms with E-state index in [1.165, 1.54) is 12.1 Å². The second kappa shape index (κ2) is 10.0. The van der Waals surface area contributed by atoms with Crippen LogP contribution in [0.2, 0.25) is 0 Å². The minimum atomic E-state index is -0.277. The molecule has 0 saturated heterocycles. The van der Waals surface area contributed by atoms with Crippen molar-refractivity contribution < 1.29 is 4.39 Å². The first-order chi connectivity index (χ1) is 16.8. The molecule has 1 aromatic carbocycles. The van der Waals surface area contributed by atoms with Crippen LogP contribution in [-0.2, 0) is 0 Å². The minimum Gasteiger partial charge on any atom is -0.325 e.